The molecule has 0 aromatic heterocycles. The maximum absolute atomic E-state index is 9.63. The first-order valence-corrected chi connectivity index (χ1v) is 5.84. The highest BCUT2D eigenvalue weighted by Gasteiger charge is 2.27. The number of benzene rings is 2. The summed E-state index contributed by atoms with van der Waals surface area (Å²) in [5, 5.41) is 9.63. The van der Waals surface area contributed by atoms with Gasteiger partial charge >= 0.3 is 7.12 Å². The molecule has 0 amide bonds. The molecule has 3 rings (SSSR count). The minimum atomic E-state index is -0.872. The van der Waals surface area contributed by atoms with Crippen LogP contribution in [0.15, 0.2) is 42.5 Å². The second kappa shape index (κ2) is 4.77. The molecule has 0 aliphatic carbocycles. The van der Waals surface area contributed by atoms with E-state index in [0.717, 1.165) is 11.0 Å². The Balaban J connectivity index is 1.83. The number of hydrogen-bond acceptors (Lipinski definition) is 3. The lowest BCUT2D eigenvalue weighted by atomic mass is 9.79. The molecule has 2 aromatic rings. The van der Waals surface area contributed by atoms with Crippen LogP contribution in [0.5, 0.6) is 11.5 Å². The molecule has 1 aliphatic rings. The van der Waals surface area contributed by atoms with Crippen molar-refractivity contribution in [1.82, 2.24) is 0 Å². The standard InChI is InChI=1S/C14H10BNO3/c1-16-11-3-6-12(7-4-11)19-13-5-2-10-9-18-15(17)14(10)8-13/h2-8,17H,9H2. The maximum Gasteiger partial charge on any atom is 0.491 e. The van der Waals surface area contributed by atoms with Crippen molar-refractivity contribution in [2.24, 2.45) is 0 Å². The molecule has 0 unspecified atom stereocenters. The van der Waals surface area contributed by atoms with E-state index in [2.05, 4.69) is 4.85 Å². The molecule has 0 fully saturated rings. The minimum absolute atomic E-state index is 0.427. The zero-order chi connectivity index (χ0) is 13.2. The summed E-state index contributed by atoms with van der Waals surface area (Å²) >= 11 is 0. The van der Waals surface area contributed by atoms with Crippen molar-refractivity contribution in [3.8, 4) is 11.5 Å². The zero-order valence-corrected chi connectivity index (χ0v) is 10.0. The normalized spacial score (nSPS) is 12.9. The van der Waals surface area contributed by atoms with Crippen LogP contribution in [0.1, 0.15) is 5.56 Å². The van der Waals surface area contributed by atoms with Gasteiger partial charge in [0.2, 0.25) is 0 Å². The van der Waals surface area contributed by atoms with E-state index in [9.17, 15) is 5.02 Å². The molecule has 19 heavy (non-hydrogen) atoms. The SMILES string of the molecule is [C-]#[N+]c1ccc(Oc2ccc3c(c2)B(O)OC3)cc1. The van der Waals surface area contributed by atoms with E-state index in [-0.39, 0.29) is 0 Å². The molecule has 1 N–H and O–H groups in total. The van der Waals surface area contributed by atoms with Crippen LogP contribution >= 0.6 is 0 Å². The lowest BCUT2D eigenvalue weighted by molar-refractivity contribution is 0.275. The molecule has 2 aromatic carbocycles. The molecule has 1 heterocycles. The number of ether oxygens (including phenoxy) is 1. The van der Waals surface area contributed by atoms with Gasteiger partial charge in [-0.2, -0.15) is 0 Å². The third kappa shape index (κ3) is 2.32. The fourth-order valence-electron chi connectivity index (χ4n) is 1.98. The van der Waals surface area contributed by atoms with E-state index in [1.54, 1.807) is 30.3 Å². The van der Waals surface area contributed by atoms with Crippen molar-refractivity contribution in [1.29, 1.82) is 0 Å². The monoisotopic (exact) mass is 251 g/mol. The van der Waals surface area contributed by atoms with E-state index in [1.807, 2.05) is 12.1 Å². The largest absolute Gasteiger partial charge is 0.491 e. The summed E-state index contributed by atoms with van der Waals surface area (Å²) in [4.78, 5) is 3.32. The predicted molar refractivity (Wildman–Crippen MR) is 71.6 cm³/mol. The quantitative estimate of drug-likeness (QED) is 0.657. The molecule has 0 bridgehead atoms. The Hall–Kier alpha value is -2.29. The molecule has 0 radical (unpaired) electrons. The van der Waals surface area contributed by atoms with Gasteiger partial charge in [-0.1, -0.05) is 18.2 Å². The van der Waals surface area contributed by atoms with Gasteiger partial charge in [-0.15, -0.1) is 0 Å². The van der Waals surface area contributed by atoms with Gasteiger partial charge in [-0.3, -0.25) is 0 Å². The van der Waals surface area contributed by atoms with Gasteiger partial charge < -0.3 is 14.4 Å². The fourth-order valence-corrected chi connectivity index (χ4v) is 1.98. The van der Waals surface area contributed by atoms with Gasteiger partial charge in [0.25, 0.3) is 0 Å². The van der Waals surface area contributed by atoms with Gasteiger partial charge in [0.05, 0.1) is 13.2 Å². The number of fused-ring (bicyclic) bond motifs is 1. The molecule has 0 saturated carbocycles. The highest BCUT2D eigenvalue weighted by molar-refractivity contribution is 6.61. The summed E-state index contributed by atoms with van der Waals surface area (Å²) in [6.07, 6.45) is 0. The third-order valence-corrected chi connectivity index (χ3v) is 2.98. The van der Waals surface area contributed by atoms with Crippen LogP contribution in [-0.4, -0.2) is 12.1 Å². The van der Waals surface area contributed by atoms with Crippen LogP contribution in [0.25, 0.3) is 4.85 Å². The Morgan fingerprint density at radius 2 is 1.89 bits per heavy atom. The van der Waals surface area contributed by atoms with Gasteiger partial charge in [0.1, 0.15) is 11.5 Å². The number of nitrogens with zero attached hydrogens (tertiary/aromatic N) is 1. The van der Waals surface area contributed by atoms with E-state index >= 15 is 0 Å². The second-order valence-electron chi connectivity index (χ2n) is 4.23. The van der Waals surface area contributed by atoms with E-state index < -0.39 is 7.12 Å². The Bertz CT molecular complexity index is 649. The fraction of sp³-hybridized carbons (Fsp3) is 0.0714. The molecule has 5 heteroatoms. The second-order valence-corrected chi connectivity index (χ2v) is 4.23. The van der Waals surface area contributed by atoms with Gasteiger partial charge in [-0.25, -0.2) is 4.85 Å². The van der Waals surface area contributed by atoms with Crippen LogP contribution in [0.3, 0.4) is 0 Å². The van der Waals surface area contributed by atoms with Crippen molar-refractivity contribution >= 4 is 18.3 Å². The smallest absolute Gasteiger partial charge is 0.458 e. The van der Waals surface area contributed by atoms with Gasteiger partial charge in [0, 0.05) is 0 Å². The average Bonchev–Trinajstić information content (AvgIpc) is 2.81. The third-order valence-electron chi connectivity index (χ3n) is 2.98. The topological polar surface area (TPSA) is 43.0 Å². The lowest BCUT2D eigenvalue weighted by Gasteiger charge is -2.07. The molecular formula is C14H10BNO3. The number of rotatable bonds is 2. The summed E-state index contributed by atoms with van der Waals surface area (Å²) in [7, 11) is -0.872. The molecule has 0 spiro atoms. The lowest BCUT2D eigenvalue weighted by Crippen LogP contribution is -2.27. The van der Waals surface area contributed by atoms with Gasteiger partial charge in [0.15, 0.2) is 5.69 Å². The molecular weight excluding hydrogens is 241 g/mol. The Labute approximate surface area is 111 Å². The Morgan fingerprint density at radius 1 is 1.16 bits per heavy atom. The first-order chi connectivity index (χ1) is 9.26. The highest BCUT2D eigenvalue weighted by Crippen LogP contribution is 2.25. The summed E-state index contributed by atoms with van der Waals surface area (Å²) in [6, 6.07) is 12.4. The highest BCUT2D eigenvalue weighted by atomic mass is 16.5. The van der Waals surface area contributed by atoms with Crippen molar-refractivity contribution in [2.75, 3.05) is 0 Å². The zero-order valence-electron chi connectivity index (χ0n) is 10.0. The van der Waals surface area contributed by atoms with Crippen molar-refractivity contribution in [3.05, 3.63) is 59.4 Å². The molecule has 1 aliphatic heterocycles. The van der Waals surface area contributed by atoms with Crippen LogP contribution in [0, 0.1) is 6.57 Å². The van der Waals surface area contributed by atoms with Crippen molar-refractivity contribution in [2.45, 2.75) is 6.61 Å². The van der Waals surface area contributed by atoms with Crippen LogP contribution in [0.2, 0.25) is 0 Å². The van der Waals surface area contributed by atoms with Gasteiger partial charge in [-0.05, 0) is 35.3 Å². The Morgan fingerprint density at radius 3 is 2.63 bits per heavy atom. The first-order valence-electron chi connectivity index (χ1n) is 5.84. The summed E-state index contributed by atoms with van der Waals surface area (Å²) in [6.45, 7) is 7.31. The minimum Gasteiger partial charge on any atom is -0.458 e. The molecule has 0 atom stereocenters. The summed E-state index contributed by atoms with van der Waals surface area (Å²) < 4.78 is 10.8. The maximum atomic E-state index is 9.63. The van der Waals surface area contributed by atoms with Crippen LogP contribution < -0.4 is 10.2 Å². The predicted octanol–water partition coefficient (Wildman–Crippen LogP) is 2.25. The van der Waals surface area contributed by atoms with E-state index in [0.29, 0.717) is 23.8 Å². The molecule has 0 saturated heterocycles. The summed E-state index contributed by atoms with van der Waals surface area (Å²) in [5.74, 6) is 1.29. The van der Waals surface area contributed by atoms with E-state index in [4.69, 9.17) is 16.0 Å². The molecule has 92 valence electrons. The van der Waals surface area contributed by atoms with Crippen molar-refractivity contribution in [3.63, 3.8) is 0 Å². The molecule has 4 nitrogen and oxygen atoms in total. The number of hydrogen-bond donors (Lipinski definition) is 1. The van der Waals surface area contributed by atoms with Crippen LogP contribution in [-0.2, 0) is 11.3 Å². The van der Waals surface area contributed by atoms with Crippen LogP contribution in [0.4, 0.5) is 5.69 Å². The first kappa shape index (κ1) is 11.8. The Kier molecular flexibility index (Phi) is 2.96. The van der Waals surface area contributed by atoms with E-state index in [1.165, 1.54) is 0 Å². The average molecular weight is 251 g/mol. The van der Waals surface area contributed by atoms with Crippen molar-refractivity contribution < 1.29 is 14.4 Å². The summed E-state index contributed by atoms with van der Waals surface area (Å²) in [5.41, 5.74) is 2.30.